The van der Waals surface area contributed by atoms with Gasteiger partial charge in [-0.1, -0.05) is 12.1 Å². The Labute approximate surface area is 71.8 Å². The van der Waals surface area contributed by atoms with E-state index in [9.17, 15) is 18.4 Å². The molecule has 0 amide bonds. The van der Waals surface area contributed by atoms with Crippen molar-refractivity contribution in [2.24, 2.45) is 0 Å². The summed E-state index contributed by atoms with van der Waals surface area (Å²) in [6, 6.07) is 3.58. The first-order valence-electron chi connectivity index (χ1n) is 3.38. The van der Waals surface area contributed by atoms with E-state index < -0.39 is 17.2 Å². The maximum absolute atomic E-state index is 12.2. The highest BCUT2D eigenvalue weighted by Gasteiger charge is 2.09. The average Bonchev–Trinajstić information content (AvgIpc) is 2.16. The molecule has 0 heterocycles. The highest BCUT2D eigenvalue weighted by molar-refractivity contribution is 5.56. The van der Waals surface area contributed by atoms with Gasteiger partial charge in [0.1, 0.15) is 11.9 Å². The Balaban J connectivity index is 3.78. The zero-order valence-corrected chi connectivity index (χ0v) is 6.38. The molecule has 0 aromatic heterocycles. The number of carbonyl (C=O) groups excluding carboxylic acids is 2. The van der Waals surface area contributed by atoms with Crippen LogP contribution in [0.5, 0.6) is 0 Å². The van der Waals surface area contributed by atoms with Crippen LogP contribution in [0.25, 0.3) is 0 Å². The zero-order valence-electron chi connectivity index (χ0n) is 6.38. The van der Waals surface area contributed by atoms with Gasteiger partial charge in [-0.15, -0.1) is 0 Å². The summed E-state index contributed by atoms with van der Waals surface area (Å²) in [6.45, 7) is 0. The average molecular weight is 182 g/mol. The minimum Gasteiger partial charge on any atom is -0.233 e. The van der Waals surface area contributed by atoms with Crippen LogP contribution in [0.15, 0.2) is 18.2 Å². The predicted octanol–water partition coefficient (Wildman–Crippen LogP) is -0.369. The standard InChI is InChI=1S/C9H4F2O2/c10-9(11)7-3-1-2-6(4-12)8(7)5-13/h1-3,9H. The summed E-state index contributed by atoms with van der Waals surface area (Å²) < 4.78 is 24.4. The molecule has 66 valence electrons. The lowest BCUT2D eigenvalue weighted by molar-refractivity contribution is 0.150. The fourth-order valence-electron chi connectivity index (χ4n) is 0.951. The summed E-state index contributed by atoms with van der Waals surface area (Å²) >= 11 is 0. The molecule has 4 heteroatoms. The first-order chi connectivity index (χ1) is 6.20. The molecule has 0 aliphatic carbocycles. The lowest BCUT2D eigenvalue weighted by Gasteiger charge is -1.96. The van der Waals surface area contributed by atoms with Crippen LogP contribution in [-0.2, 0) is 9.59 Å². The zero-order chi connectivity index (χ0) is 9.84. The molecule has 1 aromatic rings. The van der Waals surface area contributed by atoms with Crippen molar-refractivity contribution in [3.63, 3.8) is 0 Å². The summed E-state index contributed by atoms with van der Waals surface area (Å²) in [6.07, 6.45) is -2.79. The molecule has 0 saturated heterocycles. The van der Waals surface area contributed by atoms with E-state index in [1.165, 1.54) is 24.0 Å². The summed E-state index contributed by atoms with van der Waals surface area (Å²) in [5.74, 6) is 2.70. The van der Waals surface area contributed by atoms with Crippen molar-refractivity contribution < 1.29 is 18.4 Å². The van der Waals surface area contributed by atoms with Crippen LogP contribution >= 0.6 is 0 Å². The van der Waals surface area contributed by atoms with E-state index in [4.69, 9.17) is 0 Å². The quantitative estimate of drug-likeness (QED) is 0.593. The molecule has 0 atom stereocenters. The number of hydrogen-bond acceptors (Lipinski definition) is 2. The highest BCUT2D eigenvalue weighted by atomic mass is 19.3. The van der Waals surface area contributed by atoms with Crippen LogP contribution in [0.4, 0.5) is 8.78 Å². The molecule has 0 bridgehead atoms. The second kappa shape index (κ2) is 3.76. The molecule has 0 fully saturated rings. The highest BCUT2D eigenvalue weighted by Crippen LogP contribution is 2.11. The van der Waals surface area contributed by atoms with Crippen LogP contribution in [0.3, 0.4) is 0 Å². The second-order valence-corrected chi connectivity index (χ2v) is 2.27. The van der Waals surface area contributed by atoms with Crippen molar-refractivity contribution >= 4 is 11.9 Å². The maximum Gasteiger partial charge on any atom is 0.265 e. The van der Waals surface area contributed by atoms with Crippen molar-refractivity contribution in [1.82, 2.24) is 0 Å². The predicted molar refractivity (Wildman–Crippen MR) is 40.2 cm³/mol. The molecule has 2 nitrogen and oxygen atoms in total. The van der Waals surface area contributed by atoms with Crippen molar-refractivity contribution in [2.45, 2.75) is 6.43 Å². The summed E-state index contributed by atoms with van der Waals surface area (Å²) in [4.78, 5) is 20.5. The normalized spacial score (nSPS) is 9.46. The van der Waals surface area contributed by atoms with Gasteiger partial charge in [0.05, 0.1) is 10.4 Å². The van der Waals surface area contributed by atoms with Crippen molar-refractivity contribution in [3.05, 3.63) is 34.2 Å². The molecule has 0 aliphatic rings. The summed E-state index contributed by atoms with van der Waals surface area (Å²) in [7, 11) is 0. The SMILES string of the molecule is O=C=c1cccc(C(F)F)c1=C=O. The fraction of sp³-hybridized carbons (Fsp3) is 0.111. The van der Waals surface area contributed by atoms with Gasteiger partial charge >= 0.3 is 0 Å². The molecule has 0 aliphatic heterocycles. The van der Waals surface area contributed by atoms with Gasteiger partial charge in [-0.05, 0) is 6.07 Å². The number of hydrogen-bond donors (Lipinski definition) is 0. The van der Waals surface area contributed by atoms with Gasteiger partial charge in [-0.25, -0.2) is 18.4 Å². The number of benzene rings is 1. The molecular weight excluding hydrogens is 178 g/mol. The third-order valence-corrected chi connectivity index (χ3v) is 1.54. The largest absolute Gasteiger partial charge is 0.265 e. The molecule has 1 rings (SSSR count). The van der Waals surface area contributed by atoms with E-state index in [1.807, 2.05) is 0 Å². The van der Waals surface area contributed by atoms with Crippen LogP contribution in [0.1, 0.15) is 12.0 Å². The molecule has 1 aromatic carbocycles. The van der Waals surface area contributed by atoms with E-state index in [0.717, 1.165) is 6.07 Å². The second-order valence-electron chi connectivity index (χ2n) is 2.27. The van der Waals surface area contributed by atoms with Crippen molar-refractivity contribution in [2.75, 3.05) is 0 Å². The topological polar surface area (TPSA) is 34.1 Å². The lowest BCUT2D eigenvalue weighted by Crippen LogP contribution is -2.30. The van der Waals surface area contributed by atoms with Crippen LogP contribution in [0, 0.1) is 0 Å². The molecular formula is C9H4F2O2. The minimum absolute atomic E-state index is 0.187. The summed E-state index contributed by atoms with van der Waals surface area (Å²) in [5, 5.41) is -0.597. The number of alkyl halides is 2. The fourth-order valence-corrected chi connectivity index (χ4v) is 0.951. The Kier molecular flexibility index (Phi) is 2.70. The van der Waals surface area contributed by atoms with Gasteiger partial charge in [-0.3, -0.25) is 0 Å². The van der Waals surface area contributed by atoms with Crippen molar-refractivity contribution in [1.29, 1.82) is 0 Å². The van der Waals surface area contributed by atoms with E-state index in [2.05, 4.69) is 0 Å². The van der Waals surface area contributed by atoms with Crippen LogP contribution in [0.2, 0.25) is 0 Å². The van der Waals surface area contributed by atoms with Crippen molar-refractivity contribution in [3.8, 4) is 0 Å². The Bertz CT molecular complexity index is 469. The van der Waals surface area contributed by atoms with Gasteiger partial charge in [0, 0.05) is 5.56 Å². The first-order valence-corrected chi connectivity index (χ1v) is 3.38. The monoisotopic (exact) mass is 182 g/mol. The molecule has 0 N–H and O–H groups in total. The first kappa shape index (κ1) is 9.33. The van der Waals surface area contributed by atoms with Crippen LogP contribution in [-0.4, -0.2) is 11.9 Å². The Morgan fingerprint density at radius 3 is 2.31 bits per heavy atom. The van der Waals surface area contributed by atoms with E-state index in [0.29, 0.717) is 0 Å². The lowest BCUT2D eigenvalue weighted by atomic mass is 10.1. The van der Waals surface area contributed by atoms with Gasteiger partial charge < -0.3 is 0 Å². The molecule has 0 unspecified atom stereocenters. The summed E-state index contributed by atoms with van der Waals surface area (Å²) in [5.41, 5.74) is -0.490. The minimum atomic E-state index is -2.79. The van der Waals surface area contributed by atoms with Crippen LogP contribution < -0.4 is 10.4 Å². The van der Waals surface area contributed by atoms with E-state index >= 15 is 0 Å². The third kappa shape index (κ3) is 1.70. The maximum atomic E-state index is 12.2. The Morgan fingerprint density at radius 2 is 1.85 bits per heavy atom. The smallest absolute Gasteiger partial charge is 0.233 e. The van der Waals surface area contributed by atoms with Gasteiger partial charge in [-0.2, -0.15) is 0 Å². The van der Waals surface area contributed by atoms with E-state index in [-0.39, 0.29) is 5.22 Å². The van der Waals surface area contributed by atoms with E-state index in [1.54, 1.807) is 0 Å². The van der Waals surface area contributed by atoms with Gasteiger partial charge in [0.25, 0.3) is 6.43 Å². The molecule has 0 spiro atoms. The Morgan fingerprint density at radius 1 is 1.15 bits per heavy atom. The Hall–Kier alpha value is -1.76. The van der Waals surface area contributed by atoms with Gasteiger partial charge in [0.15, 0.2) is 0 Å². The third-order valence-electron chi connectivity index (χ3n) is 1.54. The number of rotatable bonds is 1. The number of halogens is 2. The molecule has 0 radical (unpaired) electrons. The molecule has 0 saturated carbocycles. The van der Waals surface area contributed by atoms with Gasteiger partial charge in [0.2, 0.25) is 0 Å². The molecule has 13 heavy (non-hydrogen) atoms.